The third-order valence-corrected chi connectivity index (χ3v) is 5.79. The maximum Gasteiger partial charge on any atom is 0.291 e. The summed E-state index contributed by atoms with van der Waals surface area (Å²) in [4.78, 5) is 31.0. The monoisotopic (exact) mass is 441 g/mol. The van der Waals surface area contributed by atoms with Crippen molar-refractivity contribution in [3.63, 3.8) is 0 Å². The van der Waals surface area contributed by atoms with Gasteiger partial charge in [0.2, 0.25) is 5.82 Å². The lowest BCUT2D eigenvalue weighted by atomic mass is 10.2. The number of carbonyl (C=O) groups excluding carboxylic acids is 2. The summed E-state index contributed by atoms with van der Waals surface area (Å²) >= 11 is 0. The molecule has 2 amide bonds. The first kappa shape index (κ1) is 20.3. The average molecular weight is 441 g/mol. The van der Waals surface area contributed by atoms with Crippen LogP contribution in [0.5, 0.6) is 0 Å². The highest BCUT2D eigenvalue weighted by atomic mass is 19.3. The highest BCUT2D eigenvalue weighted by Crippen LogP contribution is 2.55. The van der Waals surface area contributed by atoms with Crippen LogP contribution in [0.4, 0.5) is 14.6 Å². The second kappa shape index (κ2) is 7.50. The van der Waals surface area contributed by atoms with Gasteiger partial charge in [0.15, 0.2) is 0 Å². The molecule has 2 aromatic heterocycles. The van der Waals surface area contributed by atoms with E-state index in [1.807, 2.05) is 30.3 Å². The topological polar surface area (TPSA) is 97.9 Å². The number of aryl methyl sites for hydroxylation is 1. The molecule has 32 heavy (non-hydrogen) atoms. The Kier molecular flexibility index (Phi) is 4.75. The van der Waals surface area contributed by atoms with Crippen LogP contribution in [0.15, 0.2) is 42.7 Å². The summed E-state index contributed by atoms with van der Waals surface area (Å²) in [6.07, 6.45) is 1.52. The van der Waals surface area contributed by atoms with Crippen LogP contribution in [0.25, 0.3) is 0 Å². The molecule has 1 aliphatic carbocycles. The van der Waals surface area contributed by atoms with Crippen molar-refractivity contribution < 1.29 is 18.4 Å². The second-order valence-electron chi connectivity index (χ2n) is 8.13. The molecule has 1 unspecified atom stereocenters. The van der Waals surface area contributed by atoms with Crippen molar-refractivity contribution in [2.75, 3.05) is 11.9 Å². The van der Waals surface area contributed by atoms with E-state index >= 15 is 0 Å². The molecule has 0 spiro atoms. The minimum Gasteiger partial charge on any atom is -0.337 e. The zero-order valence-corrected chi connectivity index (χ0v) is 17.3. The van der Waals surface area contributed by atoms with Gasteiger partial charge in [0, 0.05) is 26.1 Å². The van der Waals surface area contributed by atoms with Gasteiger partial charge in [0.1, 0.15) is 18.2 Å². The van der Waals surface area contributed by atoms with E-state index in [2.05, 4.69) is 20.5 Å². The molecule has 0 saturated heterocycles. The Balaban J connectivity index is 1.25. The molecule has 1 fully saturated rings. The average Bonchev–Trinajstić information content (AvgIpc) is 3.12. The van der Waals surface area contributed by atoms with Gasteiger partial charge in [-0.1, -0.05) is 30.3 Å². The van der Waals surface area contributed by atoms with Gasteiger partial charge in [-0.25, -0.2) is 23.1 Å². The van der Waals surface area contributed by atoms with Gasteiger partial charge >= 0.3 is 0 Å². The summed E-state index contributed by atoms with van der Waals surface area (Å²) < 4.78 is 29.9. The molecule has 2 aliphatic rings. The number of rotatable bonds is 5. The number of halogens is 2. The number of nitrogens with one attached hydrogen (secondary N) is 1. The molecule has 1 aliphatic heterocycles. The third kappa shape index (κ3) is 3.74. The normalized spacial score (nSPS) is 21.7. The maximum atomic E-state index is 13.4. The summed E-state index contributed by atoms with van der Waals surface area (Å²) in [5.41, 5.74) is 1.31. The van der Waals surface area contributed by atoms with Gasteiger partial charge in [-0.2, -0.15) is 5.10 Å². The lowest BCUT2D eigenvalue weighted by molar-refractivity contribution is -0.120. The third-order valence-electron chi connectivity index (χ3n) is 5.79. The Morgan fingerprint density at radius 1 is 1.25 bits per heavy atom. The molecule has 11 heteroatoms. The molecule has 5 rings (SSSR count). The highest BCUT2D eigenvalue weighted by Gasteiger charge is 2.59. The van der Waals surface area contributed by atoms with Crippen molar-refractivity contribution in [2.45, 2.75) is 43.8 Å². The fraction of sp³-hybridized carbons (Fsp3) is 0.381. The second-order valence-corrected chi connectivity index (χ2v) is 8.13. The van der Waals surface area contributed by atoms with Crippen LogP contribution in [-0.4, -0.2) is 55.4 Å². The van der Waals surface area contributed by atoms with Crippen LogP contribution in [-0.2, 0) is 17.9 Å². The van der Waals surface area contributed by atoms with Crippen molar-refractivity contribution in [1.82, 2.24) is 29.9 Å². The molecular weight excluding hydrogens is 420 g/mol. The Bertz CT molecular complexity index is 1170. The molecule has 1 N–H and O–H groups in total. The summed E-state index contributed by atoms with van der Waals surface area (Å²) in [6, 6.07) is 10.4. The first-order valence-corrected chi connectivity index (χ1v) is 10.3. The minimum absolute atomic E-state index is 0.0309. The SMILES string of the molecule is CN1C(=O)[C@@H](NC(=O)c2ncn(Cc3ccccc3)n2)CCn2nc(C3CC3(F)F)cc21. The molecule has 1 aromatic carbocycles. The standard InChI is InChI=1S/C21H21F2N7O2/c1-28-17-9-16(14-10-21(14,22)23)26-30(17)8-7-15(20(28)32)25-19(31)18-24-12-29(27-18)11-13-5-3-2-4-6-13/h2-6,9,12,14-15H,7-8,10-11H2,1H3,(H,25,31)/t14?,15-/m0/s1. The van der Waals surface area contributed by atoms with Crippen LogP contribution in [0.2, 0.25) is 0 Å². The van der Waals surface area contributed by atoms with E-state index in [0.29, 0.717) is 24.6 Å². The van der Waals surface area contributed by atoms with E-state index in [-0.39, 0.29) is 24.6 Å². The Morgan fingerprint density at radius 2 is 2.00 bits per heavy atom. The fourth-order valence-electron chi connectivity index (χ4n) is 3.89. The van der Waals surface area contributed by atoms with Gasteiger partial charge in [-0.15, -0.1) is 5.10 Å². The Labute approximate surface area is 182 Å². The van der Waals surface area contributed by atoms with Crippen LogP contribution in [0.1, 0.15) is 40.6 Å². The minimum atomic E-state index is -2.73. The molecule has 0 bridgehead atoms. The largest absolute Gasteiger partial charge is 0.337 e. The number of nitrogens with zero attached hydrogens (tertiary/aromatic N) is 6. The molecule has 0 radical (unpaired) electrons. The summed E-state index contributed by atoms with van der Waals surface area (Å²) in [5, 5.41) is 11.2. The van der Waals surface area contributed by atoms with Gasteiger partial charge in [-0.3, -0.25) is 14.5 Å². The molecule has 1 saturated carbocycles. The first-order chi connectivity index (χ1) is 15.3. The van der Waals surface area contributed by atoms with Gasteiger partial charge in [0.05, 0.1) is 18.2 Å². The summed E-state index contributed by atoms with van der Waals surface area (Å²) in [6.45, 7) is 0.778. The lowest BCUT2D eigenvalue weighted by Crippen LogP contribution is -2.47. The van der Waals surface area contributed by atoms with Crippen molar-refractivity contribution in [2.24, 2.45) is 0 Å². The van der Waals surface area contributed by atoms with E-state index in [1.54, 1.807) is 16.4 Å². The number of alkyl halides is 2. The molecule has 9 nitrogen and oxygen atoms in total. The number of amides is 2. The summed E-state index contributed by atoms with van der Waals surface area (Å²) in [5.74, 6) is -4.11. The van der Waals surface area contributed by atoms with E-state index in [4.69, 9.17) is 0 Å². The smallest absolute Gasteiger partial charge is 0.291 e. The van der Waals surface area contributed by atoms with E-state index in [0.717, 1.165) is 5.56 Å². The highest BCUT2D eigenvalue weighted by molar-refractivity contribution is 6.00. The number of anilines is 1. The predicted octanol–water partition coefficient (Wildman–Crippen LogP) is 1.81. The molecule has 166 valence electrons. The van der Waals surface area contributed by atoms with Crippen LogP contribution in [0.3, 0.4) is 0 Å². The molecular formula is C21H21F2N7O2. The summed E-state index contributed by atoms with van der Waals surface area (Å²) in [7, 11) is 1.54. The fourth-order valence-corrected chi connectivity index (χ4v) is 3.89. The number of carbonyl (C=O) groups is 2. The molecule has 3 aromatic rings. The van der Waals surface area contributed by atoms with E-state index < -0.39 is 23.8 Å². The van der Waals surface area contributed by atoms with Crippen LogP contribution >= 0.6 is 0 Å². The van der Waals surface area contributed by atoms with Crippen molar-refractivity contribution in [3.05, 3.63) is 59.8 Å². The number of fused-ring (bicyclic) bond motifs is 1. The van der Waals surface area contributed by atoms with Gasteiger partial charge in [-0.05, 0) is 12.0 Å². The lowest BCUT2D eigenvalue weighted by Gasteiger charge is -2.19. The molecule has 2 atom stereocenters. The number of hydrogen-bond acceptors (Lipinski definition) is 5. The van der Waals surface area contributed by atoms with Gasteiger partial charge < -0.3 is 5.32 Å². The van der Waals surface area contributed by atoms with E-state index in [9.17, 15) is 18.4 Å². The van der Waals surface area contributed by atoms with Crippen molar-refractivity contribution in [1.29, 1.82) is 0 Å². The van der Waals surface area contributed by atoms with Crippen molar-refractivity contribution >= 4 is 17.6 Å². The predicted molar refractivity (Wildman–Crippen MR) is 109 cm³/mol. The quantitative estimate of drug-likeness (QED) is 0.651. The zero-order valence-electron chi connectivity index (χ0n) is 17.3. The van der Waals surface area contributed by atoms with E-state index in [1.165, 1.54) is 17.3 Å². The Morgan fingerprint density at radius 3 is 2.72 bits per heavy atom. The van der Waals surface area contributed by atoms with Gasteiger partial charge in [0.25, 0.3) is 17.7 Å². The number of benzene rings is 1. The molecule has 3 heterocycles. The number of aromatic nitrogens is 5. The van der Waals surface area contributed by atoms with Crippen molar-refractivity contribution in [3.8, 4) is 0 Å². The zero-order chi connectivity index (χ0) is 22.5. The van der Waals surface area contributed by atoms with Crippen LogP contribution < -0.4 is 10.2 Å². The first-order valence-electron chi connectivity index (χ1n) is 10.3. The number of likely N-dealkylation sites (N-methyl/N-ethyl adjacent to an activating group) is 1. The number of hydrogen-bond donors (Lipinski definition) is 1. The maximum absolute atomic E-state index is 13.4. The Hall–Kier alpha value is -3.63. The van der Waals surface area contributed by atoms with Crippen LogP contribution in [0, 0.1) is 0 Å².